The van der Waals surface area contributed by atoms with Gasteiger partial charge in [0.2, 0.25) is 0 Å². The van der Waals surface area contributed by atoms with Gasteiger partial charge < -0.3 is 19.5 Å². The number of hydrogen-bond acceptors (Lipinski definition) is 4. The van der Waals surface area contributed by atoms with E-state index in [0.717, 1.165) is 6.07 Å². The molecule has 20 heavy (non-hydrogen) atoms. The summed E-state index contributed by atoms with van der Waals surface area (Å²) in [6.45, 7) is 0.186. The number of methoxy groups -OCH3 is 1. The van der Waals surface area contributed by atoms with Gasteiger partial charge in [0.15, 0.2) is 6.10 Å². The predicted octanol–water partition coefficient (Wildman–Crippen LogP) is 0.760. The van der Waals surface area contributed by atoms with Gasteiger partial charge in [0.05, 0.1) is 20.3 Å². The first-order chi connectivity index (χ1) is 9.54. The van der Waals surface area contributed by atoms with E-state index in [1.165, 1.54) is 24.1 Å². The molecule has 7 heteroatoms. The maximum atomic E-state index is 13.8. The van der Waals surface area contributed by atoms with Gasteiger partial charge in [-0.25, -0.2) is 9.18 Å². The normalized spacial score (nSPS) is 18.7. The Hall–Kier alpha value is -2.15. The molecule has 0 aromatic heterocycles. The molecule has 0 aliphatic carbocycles. The summed E-state index contributed by atoms with van der Waals surface area (Å²) in [5.41, 5.74) is -0.193. The SMILES string of the molecule is COc1cccc(F)c1C(=O)N1CCOC(C(=O)O)C1. The van der Waals surface area contributed by atoms with Gasteiger partial charge in [-0.05, 0) is 12.1 Å². The lowest BCUT2D eigenvalue weighted by Crippen LogP contribution is -2.48. The van der Waals surface area contributed by atoms with Crippen LogP contribution in [0.25, 0.3) is 0 Å². The van der Waals surface area contributed by atoms with Gasteiger partial charge in [-0.2, -0.15) is 0 Å². The first-order valence-electron chi connectivity index (χ1n) is 6.00. The van der Waals surface area contributed by atoms with Crippen LogP contribution in [0, 0.1) is 5.82 Å². The third-order valence-electron chi connectivity index (χ3n) is 3.04. The number of carbonyl (C=O) groups is 2. The minimum atomic E-state index is -1.15. The first-order valence-corrected chi connectivity index (χ1v) is 6.00. The van der Waals surface area contributed by atoms with E-state index in [4.69, 9.17) is 14.6 Å². The van der Waals surface area contributed by atoms with Crippen molar-refractivity contribution in [3.63, 3.8) is 0 Å². The number of halogens is 1. The summed E-state index contributed by atoms with van der Waals surface area (Å²) in [7, 11) is 1.34. The van der Waals surface area contributed by atoms with Crippen LogP contribution in [0.2, 0.25) is 0 Å². The lowest BCUT2D eigenvalue weighted by Gasteiger charge is -2.31. The molecule has 1 fully saturated rings. The predicted molar refractivity (Wildman–Crippen MR) is 66.2 cm³/mol. The number of carbonyl (C=O) groups excluding carboxylic acids is 1. The number of benzene rings is 1. The number of ether oxygens (including phenoxy) is 2. The molecule has 0 radical (unpaired) electrons. The zero-order valence-electron chi connectivity index (χ0n) is 10.8. The second-order valence-corrected chi connectivity index (χ2v) is 4.27. The van der Waals surface area contributed by atoms with Gasteiger partial charge in [0.1, 0.15) is 17.1 Å². The van der Waals surface area contributed by atoms with Gasteiger partial charge in [-0.15, -0.1) is 0 Å². The van der Waals surface area contributed by atoms with Crippen molar-refractivity contribution < 1.29 is 28.6 Å². The summed E-state index contributed by atoms with van der Waals surface area (Å²) in [5, 5.41) is 8.90. The zero-order chi connectivity index (χ0) is 14.7. The second kappa shape index (κ2) is 5.87. The maximum absolute atomic E-state index is 13.8. The molecule has 1 N–H and O–H groups in total. The Bertz CT molecular complexity index is 533. The molecule has 0 bridgehead atoms. The summed E-state index contributed by atoms with van der Waals surface area (Å²) in [6, 6.07) is 4.07. The van der Waals surface area contributed by atoms with Crippen molar-refractivity contribution in [2.24, 2.45) is 0 Å². The molecule has 1 saturated heterocycles. The second-order valence-electron chi connectivity index (χ2n) is 4.27. The van der Waals surface area contributed by atoms with E-state index < -0.39 is 23.8 Å². The Morgan fingerprint density at radius 1 is 1.50 bits per heavy atom. The maximum Gasteiger partial charge on any atom is 0.334 e. The van der Waals surface area contributed by atoms with E-state index >= 15 is 0 Å². The molecule has 1 aliphatic heterocycles. The van der Waals surface area contributed by atoms with Crippen LogP contribution in [0.3, 0.4) is 0 Å². The van der Waals surface area contributed by atoms with Crippen LogP contribution in [-0.4, -0.2) is 54.8 Å². The fourth-order valence-corrected chi connectivity index (χ4v) is 2.02. The van der Waals surface area contributed by atoms with Gasteiger partial charge in [0.25, 0.3) is 5.91 Å². The molecular formula is C13H14FNO5. The third-order valence-corrected chi connectivity index (χ3v) is 3.04. The largest absolute Gasteiger partial charge is 0.496 e. The summed E-state index contributed by atoms with van der Waals surface area (Å²) >= 11 is 0. The molecule has 1 heterocycles. The number of nitrogens with zero attached hydrogens (tertiary/aromatic N) is 1. The number of morpholine rings is 1. The lowest BCUT2D eigenvalue weighted by atomic mass is 10.1. The highest BCUT2D eigenvalue weighted by Gasteiger charge is 2.31. The number of carboxylic acid groups (broad SMARTS) is 1. The molecule has 0 saturated carbocycles. The molecule has 1 amide bonds. The molecule has 1 aliphatic rings. The summed E-state index contributed by atoms with van der Waals surface area (Å²) in [4.78, 5) is 24.5. The van der Waals surface area contributed by atoms with E-state index in [1.807, 2.05) is 0 Å². The number of rotatable bonds is 3. The van der Waals surface area contributed by atoms with Crippen LogP contribution in [0.15, 0.2) is 18.2 Å². The Morgan fingerprint density at radius 2 is 2.25 bits per heavy atom. The molecule has 1 atom stereocenters. The van der Waals surface area contributed by atoms with E-state index in [2.05, 4.69) is 0 Å². The van der Waals surface area contributed by atoms with Gasteiger partial charge in [-0.3, -0.25) is 4.79 Å². The van der Waals surface area contributed by atoms with E-state index in [0.29, 0.717) is 0 Å². The molecule has 1 unspecified atom stereocenters. The van der Waals surface area contributed by atoms with Crippen molar-refractivity contribution in [1.29, 1.82) is 0 Å². The van der Waals surface area contributed by atoms with Gasteiger partial charge in [-0.1, -0.05) is 6.07 Å². The molecule has 6 nitrogen and oxygen atoms in total. The van der Waals surface area contributed by atoms with Crippen molar-refractivity contribution in [3.8, 4) is 5.75 Å². The van der Waals surface area contributed by atoms with Crippen molar-refractivity contribution >= 4 is 11.9 Å². The summed E-state index contributed by atoms with van der Waals surface area (Å²) < 4.78 is 23.8. The van der Waals surface area contributed by atoms with Gasteiger partial charge >= 0.3 is 5.97 Å². The van der Waals surface area contributed by atoms with Crippen LogP contribution in [-0.2, 0) is 9.53 Å². The number of aliphatic carboxylic acids is 1. The third kappa shape index (κ3) is 2.72. The Labute approximate surface area is 114 Å². The van der Waals surface area contributed by atoms with Crippen molar-refractivity contribution in [1.82, 2.24) is 4.90 Å². The first kappa shape index (κ1) is 14.3. The van der Waals surface area contributed by atoms with Crippen LogP contribution in [0.5, 0.6) is 5.75 Å². The molecule has 1 aromatic carbocycles. The highest BCUT2D eigenvalue weighted by atomic mass is 19.1. The van der Waals surface area contributed by atoms with E-state index in [1.54, 1.807) is 0 Å². The Balaban J connectivity index is 2.25. The lowest BCUT2D eigenvalue weighted by molar-refractivity contribution is -0.154. The topological polar surface area (TPSA) is 76.1 Å². The fraction of sp³-hybridized carbons (Fsp3) is 0.385. The van der Waals surface area contributed by atoms with Crippen molar-refractivity contribution in [2.75, 3.05) is 26.8 Å². The van der Waals surface area contributed by atoms with Crippen molar-refractivity contribution in [2.45, 2.75) is 6.10 Å². The monoisotopic (exact) mass is 283 g/mol. The summed E-state index contributed by atoms with van der Waals surface area (Å²) in [6.07, 6.45) is -1.09. The Kier molecular flexibility index (Phi) is 4.19. The highest BCUT2D eigenvalue weighted by molar-refractivity contribution is 5.97. The average molecular weight is 283 g/mol. The molecule has 2 rings (SSSR count). The number of amides is 1. The minimum absolute atomic E-state index is 0.0967. The molecule has 108 valence electrons. The summed E-state index contributed by atoms with van der Waals surface area (Å²) in [5.74, 6) is -2.33. The fourth-order valence-electron chi connectivity index (χ4n) is 2.02. The molecule has 0 spiro atoms. The molecule has 1 aromatic rings. The smallest absolute Gasteiger partial charge is 0.334 e. The van der Waals surface area contributed by atoms with Crippen LogP contribution in [0.4, 0.5) is 4.39 Å². The number of hydrogen-bond donors (Lipinski definition) is 1. The van der Waals surface area contributed by atoms with Crippen LogP contribution in [0.1, 0.15) is 10.4 Å². The highest BCUT2D eigenvalue weighted by Crippen LogP contribution is 2.23. The molecular weight excluding hydrogens is 269 g/mol. The van der Waals surface area contributed by atoms with Crippen LogP contribution < -0.4 is 4.74 Å². The van der Waals surface area contributed by atoms with Crippen LogP contribution >= 0.6 is 0 Å². The number of carboxylic acids is 1. The quantitative estimate of drug-likeness (QED) is 0.886. The Morgan fingerprint density at radius 3 is 2.90 bits per heavy atom. The van der Waals surface area contributed by atoms with E-state index in [-0.39, 0.29) is 31.0 Å². The van der Waals surface area contributed by atoms with Gasteiger partial charge in [0, 0.05) is 6.54 Å². The minimum Gasteiger partial charge on any atom is -0.496 e. The standard InChI is InChI=1S/C13H14FNO5/c1-19-9-4-2-3-8(14)11(9)12(16)15-5-6-20-10(7-15)13(17)18/h2-4,10H,5-7H2,1H3,(H,17,18). The average Bonchev–Trinajstić information content (AvgIpc) is 2.46. The van der Waals surface area contributed by atoms with Crippen molar-refractivity contribution in [3.05, 3.63) is 29.6 Å². The zero-order valence-corrected chi connectivity index (χ0v) is 10.8. The van der Waals surface area contributed by atoms with E-state index in [9.17, 15) is 14.0 Å².